The monoisotopic (exact) mass is 379 g/mol. The predicted molar refractivity (Wildman–Crippen MR) is 111 cm³/mol. The molecule has 0 spiro atoms. The first-order valence-electron chi connectivity index (χ1n) is 10.0. The highest BCUT2D eigenvalue weighted by molar-refractivity contribution is 5.94. The molecular formula is C23H29N3O2. The number of carbonyl (C=O) groups is 2. The maximum absolute atomic E-state index is 12.5. The van der Waals surface area contributed by atoms with E-state index < -0.39 is 0 Å². The Labute approximate surface area is 167 Å². The molecule has 0 aromatic heterocycles. The zero-order chi connectivity index (χ0) is 19.8. The summed E-state index contributed by atoms with van der Waals surface area (Å²) in [5.74, 6) is -0.0141. The predicted octanol–water partition coefficient (Wildman–Crippen LogP) is 2.85. The van der Waals surface area contributed by atoms with Gasteiger partial charge in [-0.25, -0.2) is 0 Å². The Balaban J connectivity index is 1.43. The van der Waals surface area contributed by atoms with Gasteiger partial charge in [0.2, 0.25) is 5.91 Å². The van der Waals surface area contributed by atoms with Crippen LogP contribution in [0.5, 0.6) is 0 Å². The SMILES string of the molecule is Cc1ccccc1CN1CCCN(C(=O)CCNC(=O)c2ccccc2)CC1. The minimum atomic E-state index is -0.131. The minimum Gasteiger partial charge on any atom is -0.352 e. The van der Waals surface area contributed by atoms with E-state index in [0.717, 1.165) is 39.1 Å². The number of hydrogen-bond acceptors (Lipinski definition) is 3. The third-order valence-electron chi connectivity index (χ3n) is 5.26. The minimum absolute atomic E-state index is 0.117. The first kappa shape index (κ1) is 20.1. The van der Waals surface area contributed by atoms with Crippen molar-refractivity contribution in [3.63, 3.8) is 0 Å². The van der Waals surface area contributed by atoms with Gasteiger partial charge in [-0.3, -0.25) is 14.5 Å². The van der Waals surface area contributed by atoms with Crippen molar-refractivity contribution < 1.29 is 9.59 Å². The molecule has 1 aliphatic heterocycles. The number of benzene rings is 2. The van der Waals surface area contributed by atoms with Crippen LogP contribution in [0.25, 0.3) is 0 Å². The Morgan fingerprint density at radius 3 is 2.46 bits per heavy atom. The number of nitrogens with zero attached hydrogens (tertiary/aromatic N) is 2. The summed E-state index contributed by atoms with van der Waals surface area (Å²) < 4.78 is 0. The van der Waals surface area contributed by atoms with Crippen LogP contribution in [0.1, 0.15) is 34.3 Å². The van der Waals surface area contributed by atoms with E-state index >= 15 is 0 Å². The molecule has 0 bridgehead atoms. The number of rotatable bonds is 6. The molecule has 1 heterocycles. The molecular weight excluding hydrogens is 350 g/mol. The summed E-state index contributed by atoms with van der Waals surface area (Å²) >= 11 is 0. The van der Waals surface area contributed by atoms with Gasteiger partial charge in [0.25, 0.3) is 5.91 Å². The Bertz CT molecular complexity index is 791. The van der Waals surface area contributed by atoms with Crippen LogP contribution >= 0.6 is 0 Å². The fraction of sp³-hybridized carbons (Fsp3) is 0.391. The van der Waals surface area contributed by atoms with Gasteiger partial charge in [-0.2, -0.15) is 0 Å². The molecule has 2 amide bonds. The van der Waals surface area contributed by atoms with E-state index in [4.69, 9.17) is 0 Å². The Kier molecular flexibility index (Phi) is 7.20. The molecule has 1 saturated heterocycles. The van der Waals surface area contributed by atoms with Crippen LogP contribution in [-0.4, -0.2) is 54.3 Å². The van der Waals surface area contributed by atoms with E-state index in [-0.39, 0.29) is 11.8 Å². The van der Waals surface area contributed by atoms with Crippen LogP contribution in [0, 0.1) is 6.92 Å². The van der Waals surface area contributed by atoms with Crippen molar-refractivity contribution in [3.05, 3.63) is 71.3 Å². The fourth-order valence-corrected chi connectivity index (χ4v) is 3.54. The molecule has 5 nitrogen and oxygen atoms in total. The van der Waals surface area contributed by atoms with Crippen molar-refractivity contribution in [3.8, 4) is 0 Å². The lowest BCUT2D eigenvalue weighted by Gasteiger charge is -2.22. The number of carbonyl (C=O) groups excluding carboxylic acids is 2. The largest absolute Gasteiger partial charge is 0.352 e. The summed E-state index contributed by atoms with van der Waals surface area (Å²) in [6, 6.07) is 17.6. The maximum atomic E-state index is 12.5. The smallest absolute Gasteiger partial charge is 0.251 e. The third-order valence-corrected chi connectivity index (χ3v) is 5.26. The zero-order valence-electron chi connectivity index (χ0n) is 16.6. The maximum Gasteiger partial charge on any atom is 0.251 e. The normalized spacial score (nSPS) is 15.1. The van der Waals surface area contributed by atoms with E-state index in [2.05, 4.69) is 41.4 Å². The van der Waals surface area contributed by atoms with Crippen molar-refractivity contribution >= 4 is 11.8 Å². The molecule has 0 aliphatic carbocycles. The van der Waals surface area contributed by atoms with Crippen LogP contribution in [0.4, 0.5) is 0 Å². The second-order valence-corrected chi connectivity index (χ2v) is 7.31. The lowest BCUT2D eigenvalue weighted by atomic mass is 10.1. The first-order valence-corrected chi connectivity index (χ1v) is 10.0. The second kappa shape index (κ2) is 10.0. The number of nitrogens with one attached hydrogen (secondary N) is 1. The average molecular weight is 380 g/mol. The number of amides is 2. The van der Waals surface area contributed by atoms with Crippen LogP contribution in [0.2, 0.25) is 0 Å². The lowest BCUT2D eigenvalue weighted by molar-refractivity contribution is -0.130. The molecule has 0 radical (unpaired) electrons. The van der Waals surface area contributed by atoms with E-state index in [1.165, 1.54) is 11.1 Å². The number of hydrogen-bond donors (Lipinski definition) is 1. The van der Waals surface area contributed by atoms with Crippen molar-refractivity contribution in [1.82, 2.24) is 15.1 Å². The van der Waals surface area contributed by atoms with E-state index in [9.17, 15) is 9.59 Å². The topological polar surface area (TPSA) is 52.6 Å². The second-order valence-electron chi connectivity index (χ2n) is 7.31. The Morgan fingerprint density at radius 2 is 1.68 bits per heavy atom. The van der Waals surface area contributed by atoms with E-state index in [1.54, 1.807) is 12.1 Å². The molecule has 1 N–H and O–H groups in total. The van der Waals surface area contributed by atoms with Gasteiger partial charge in [0, 0.05) is 51.3 Å². The average Bonchev–Trinajstić information content (AvgIpc) is 2.96. The van der Waals surface area contributed by atoms with E-state index in [0.29, 0.717) is 18.5 Å². The molecule has 5 heteroatoms. The van der Waals surface area contributed by atoms with E-state index in [1.807, 2.05) is 23.1 Å². The van der Waals surface area contributed by atoms with Crippen molar-refractivity contribution in [2.45, 2.75) is 26.3 Å². The summed E-state index contributed by atoms with van der Waals surface area (Å²) in [6.45, 7) is 6.87. The van der Waals surface area contributed by atoms with Gasteiger partial charge < -0.3 is 10.2 Å². The van der Waals surface area contributed by atoms with Crippen LogP contribution in [-0.2, 0) is 11.3 Å². The van der Waals surface area contributed by atoms with Crippen LogP contribution in [0.3, 0.4) is 0 Å². The van der Waals surface area contributed by atoms with Crippen molar-refractivity contribution in [1.29, 1.82) is 0 Å². The van der Waals surface area contributed by atoms with Gasteiger partial charge in [0.1, 0.15) is 0 Å². The fourth-order valence-electron chi connectivity index (χ4n) is 3.54. The highest BCUT2D eigenvalue weighted by Crippen LogP contribution is 2.13. The summed E-state index contributed by atoms with van der Waals surface area (Å²) in [5.41, 5.74) is 3.29. The summed E-state index contributed by atoms with van der Waals surface area (Å²) in [6.07, 6.45) is 1.32. The van der Waals surface area contributed by atoms with Gasteiger partial charge in [-0.05, 0) is 36.6 Å². The molecule has 1 fully saturated rings. The summed E-state index contributed by atoms with van der Waals surface area (Å²) in [4.78, 5) is 29.0. The lowest BCUT2D eigenvalue weighted by Crippen LogP contribution is -2.37. The van der Waals surface area contributed by atoms with Gasteiger partial charge in [0.05, 0.1) is 0 Å². The van der Waals surface area contributed by atoms with Gasteiger partial charge >= 0.3 is 0 Å². The molecule has 2 aromatic rings. The van der Waals surface area contributed by atoms with Crippen molar-refractivity contribution in [2.24, 2.45) is 0 Å². The van der Waals surface area contributed by atoms with Crippen molar-refractivity contribution in [2.75, 3.05) is 32.7 Å². The van der Waals surface area contributed by atoms with Gasteiger partial charge in [0.15, 0.2) is 0 Å². The molecule has 0 atom stereocenters. The molecule has 2 aromatic carbocycles. The Morgan fingerprint density at radius 1 is 0.929 bits per heavy atom. The van der Waals surface area contributed by atoms with Crippen LogP contribution < -0.4 is 5.32 Å². The zero-order valence-corrected chi connectivity index (χ0v) is 16.6. The first-order chi connectivity index (χ1) is 13.6. The quantitative estimate of drug-likeness (QED) is 0.840. The Hall–Kier alpha value is -2.66. The molecule has 1 aliphatic rings. The number of aryl methyl sites for hydroxylation is 1. The molecule has 0 saturated carbocycles. The molecule has 0 unspecified atom stereocenters. The highest BCUT2D eigenvalue weighted by atomic mass is 16.2. The van der Waals surface area contributed by atoms with Gasteiger partial charge in [-0.1, -0.05) is 42.5 Å². The standard InChI is InChI=1S/C23H29N3O2/c1-19-8-5-6-11-21(19)18-25-14-7-15-26(17-16-25)22(27)12-13-24-23(28)20-9-3-2-4-10-20/h2-6,8-11H,7,12-18H2,1H3,(H,24,28). The molecule has 28 heavy (non-hydrogen) atoms. The molecule has 3 rings (SSSR count). The molecule has 148 valence electrons. The summed E-state index contributed by atoms with van der Waals surface area (Å²) in [5, 5.41) is 2.84. The third kappa shape index (κ3) is 5.67. The van der Waals surface area contributed by atoms with Crippen LogP contribution in [0.15, 0.2) is 54.6 Å². The summed E-state index contributed by atoms with van der Waals surface area (Å²) in [7, 11) is 0. The highest BCUT2D eigenvalue weighted by Gasteiger charge is 2.19. The van der Waals surface area contributed by atoms with Gasteiger partial charge in [-0.15, -0.1) is 0 Å².